The lowest BCUT2D eigenvalue weighted by atomic mass is 9.42. The van der Waals surface area contributed by atoms with Crippen LogP contribution in [0.3, 0.4) is 0 Å². The number of allylic oxidation sites excluding steroid dienone is 1. The van der Waals surface area contributed by atoms with Crippen molar-refractivity contribution in [1.82, 2.24) is 5.32 Å². The number of nitrogens with zero attached hydrogens (tertiary/aromatic N) is 1. The van der Waals surface area contributed by atoms with Crippen LogP contribution in [0.5, 0.6) is 0 Å². The molecule has 5 aliphatic rings. The molecule has 0 spiro atoms. The number of hydrogen-bond acceptors (Lipinski definition) is 4. The molecule has 0 aromatic carbocycles. The molecule has 6 unspecified atom stereocenters. The lowest BCUT2D eigenvalue weighted by Gasteiger charge is -2.61. The summed E-state index contributed by atoms with van der Waals surface area (Å²) in [6.45, 7) is 13.9. The van der Waals surface area contributed by atoms with Crippen molar-refractivity contribution in [1.29, 1.82) is 0 Å². The highest BCUT2D eigenvalue weighted by Crippen LogP contribution is 2.67. The Morgan fingerprint density at radius 3 is 2.78 bits per heavy atom. The number of halogens is 1. The molecule has 1 aliphatic heterocycles. The van der Waals surface area contributed by atoms with E-state index in [2.05, 4.69) is 25.7 Å². The van der Waals surface area contributed by atoms with Crippen molar-refractivity contribution in [3.63, 3.8) is 0 Å². The summed E-state index contributed by atoms with van der Waals surface area (Å²) in [4.78, 5) is 17.7. The highest BCUT2D eigenvalue weighted by molar-refractivity contribution is 5.91. The van der Waals surface area contributed by atoms with Crippen molar-refractivity contribution in [2.45, 2.75) is 84.4 Å². The van der Waals surface area contributed by atoms with E-state index in [9.17, 15) is 9.18 Å². The maximum atomic E-state index is 14.5. The first kappa shape index (κ1) is 22.7. The third-order valence-electron chi connectivity index (χ3n) is 10.4. The molecule has 5 heteroatoms. The van der Waals surface area contributed by atoms with Crippen LogP contribution in [0, 0.1) is 40.4 Å². The van der Waals surface area contributed by atoms with E-state index < -0.39 is 11.6 Å². The van der Waals surface area contributed by atoms with Gasteiger partial charge in [0, 0.05) is 23.6 Å². The summed E-state index contributed by atoms with van der Waals surface area (Å²) < 4.78 is 20.6. The molecule has 0 amide bonds. The van der Waals surface area contributed by atoms with Crippen molar-refractivity contribution in [3.8, 4) is 0 Å². The number of rotatable bonds is 4. The first-order chi connectivity index (χ1) is 15.3. The van der Waals surface area contributed by atoms with Crippen molar-refractivity contribution < 1.29 is 13.9 Å². The summed E-state index contributed by atoms with van der Waals surface area (Å²) in [6, 6.07) is 0. The van der Waals surface area contributed by atoms with Gasteiger partial charge in [0.1, 0.15) is 6.73 Å². The Hall–Kier alpha value is -1.07. The number of hydrogen-bond donors (Lipinski definition) is 1. The van der Waals surface area contributed by atoms with Gasteiger partial charge in [-0.1, -0.05) is 32.9 Å². The number of ether oxygens (including phenoxy) is 1. The van der Waals surface area contributed by atoms with Gasteiger partial charge in [-0.2, -0.15) is 0 Å². The van der Waals surface area contributed by atoms with Crippen LogP contribution in [0.1, 0.15) is 72.1 Å². The molecule has 5 fully saturated rings. The predicted molar refractivity (Wildman–Crippen MR) is 125 cm³/mol. The van der Waals surface area contributed by atoms with Crippen molar-refractivity contribution in [3.05, 3.63) is 12.2 Å². The molecular weight excluding hydrogens is 403 g/mol. The van der Waals surface area contributed by atoms with Gasteiger partial charge in [-0.05, 0) is 87.0 Å². The van der Waals surface area contributed by atoms with Crippen LogP contribution < -0.4 is 5.32 Å². The molecule has 1 N–H and O–H groups in total. The third kappa shape index (κ3) is 3.36. The fraction of sp³-hybridized carbons (Fsp3) is 0.852. The largest absolute Gasteiger partial charge is 0.355 e. The van der Waals surface area contributed by atoms with Gasteiger partial charge in [-0.25, -0.2) is 4.39 Å². The summed E-state index contributed by atoms with van der Waals surface area (Å²) in [5, 5.41) is 3.35. The zero-order chi connectivity index (χ0) is 22.7. The Balaban J connectivity index is 1.37. The molecule has 4 nitrogen and oxygen atoms in total. The van der Waals surface area contributed by atoms with Crippen LogP contribution in [-0.2, 0) is 9.53 Å². The van der Waals surface area contributed by atoms with E-state index in [1.165, 1.54) is 11.3 Å². The molecule has 0 bridgehead atoms. The van der Waals surface area contributed by atoms with Gasteiger partial charge in [-0.3, -0.25) is 9.79 Å². The minimum Gasteiger partial charge on any atom is -0.355 e. The fourth-order valence-corrected chi connectivity index (χ4v) is 8.79. The van der Waals surface area contributed by atoms with Crippen LogP contribution >= 0.6 is 0 Å². The van der Waals surface area contributed by atoms with Crippen molar-refractivity contribution in [2.75, 3.05) is 19.8 Å². The number of carbonyl (C=O) groups is 1. The second-order valence-corrected chi connectivity index (χ2v) is 11.8. The SMILES string of the molecule is C=C1CC2C(CC[C@]3(C)C(=O)C(F)CC23)[C@@]2(C)CCC(=NCOC3CCNC3)[C@H](CC)C12. The van der Waals surface area contributed by atoms with Gasteiger partial charge in [0.2, 0.25) is 0 Å². The molecule has 5 rings (SSSR count). The van der Waals surface area contributed by atoms with Crippen molar-refractivity contribution in [2.24, 2.45) is 45.4 Å². The minimum atomic E-state index is -1.26. The van der Waals surface area contributed by atoms with E-state index >= 15 is 0 Å². The Morgan fingerprint density at radius 2 is 2.06 bits per heavy atom. The number of nitrogens with one attached hydrogen (secondary N) is 1. The van der Waals surface area contributed by atoms with E-state index in [-0.39, 0.29) is 17.1 Å². The second kappa shape index (κ2) is 8.30. The Bertz CT molecular complexity index is 805. The first-order valence-corrected chi connectivity index (χ1v) is 13.0. The summed E-state index contributed by atoms with van der Waals surface area (Å²) in [5.74, 6) is 1.89. The summed E-state index contributed by atoms with van der Waals surface area (Å²) >= 11 is 0. The molecule has 4 saturated carbocycles. The molecule has 1 saturated heterocycles. The molecule has 0 aromatic rings. The number of Topliss-reactive ketones (excluding diaryl/α,β-unsaturated/α-hetero) is 1. The molecule has 9 atom stereocenters. The monoisotopic (exact) mass is 444 g/mol. The van der Waals surface area contributed by atoms with E-state index in [0.717, 1.165) is 58.0 Å². The van der Waals surface area contributed by atoms with Crippen LogP contribution in [0.2, 0.25) is 0 Å². The minimum absolute atomic E-state index is 0.124. The fourth-order valence-electron chi connectivity index (χ4n) is 8.79. The zero-order valence-corrected chi connectivity index (χ0v) is 20.2. The normalized spacial score (nSPS) is 49.8. The Labute approximate surface area is 192 Å². The molecule has 178 valence electrons. The third-order valence-corrected chi connectivity index (χ3v) is 10.4. The summed E-state index contributed by atoms with van der Waals surface area (Å²) in [5.41, 5.74) is 2.37. The lowest BCUT2D eigenvalue weighted by Crippen LogP contribution is -2.56. The van der Waals surface area contributed by atoms with Gasteiger partial charge in [0.05, 0.1) is 6.10 Å². The van der Waals surface area contributed by atoms with Crippen molar-refractivity contribution >= 4 is 11.5 Å². The Morgan fingerprint density at radius 1 is 1.25 bits per heavy atom. The number of fused-ring (bicyclic) bond motifs is 5. The van der Waals surface area contributed by atoms with E-state index in [1.54, 1.807) is 0 Å². The van der Waals surface area contributed by atoms with Gasteiger partial charge in [0.25, 0.3) is 0 Å². The molecular formula is C27H41FN2O2. The average Bonchev–Trinajstić information content (AvgIpc) is 3.36. The zero-order valence-electron chi connectivity index (χ0n) is 20.2. The number of aliphatic imine (C=N–C) groups is 1. The number of ketones is 1. The smallest absolute Gasteiger partial charge is 0.173 e. The van der Waals surface area contributed by atoms with Gasteiger partial charge in [0.15, 0.2) is 12.0 Å². The molecule has 0 radical (unpaired) electrons. The van der Waals surface area contributed by atoms with Gasteiger partial charge < -0.3 is 10.1 Å². The molecule has 1 heterocycles. The highest BCUT2D eigenvalue weighted by Gasteiger charge is 2.64. The van der Waals surface area contributed by atoms with E-state index in [4.69, 9.17) is 9.73 Å². The van der Waals surface area contributed by atoms with E-state index in [0.29, 0.717) is 42.9 Å². The van der Waals surface area contributed by atoms with Gasteiger partial charge in [-0.15, -0.1) is 0 Å². The number of carbonyl (C=O) groups excluding carboxylic acids is 1. The van der Waals surface area contributed by atoms with Crippen LogP contribution in [0.4, 0.5) is 4.39 Å². The van der Waals surface area contributed by atoms with Crippen LogP contribution in [0.25, 0.3) is 0 Å². The molecule has 0 aromatic heterocycles. The second-order valence-electron chi connectivity index (χ2n) is 11.8. The standard InChI is InChI=1S/C27H41FN2O2/c1-5-18-23(30-15-32-17-8-11-29-14-17)7-10-26(3)20-6-9-27(4)21(13-22(28)25(27)31)19(20)12-16(2)24(18)26/h17-22,24,29H,2,5-15H2,1,3-4H3/t17?,18-,19?,20?,21?,22?,24?,26+,27-/m0/s1. The maximum Gasteiger partial charge on any atom is 0.173 e. The number of alkyl halides is 1. The summed E-state index contributed by atoms with van der Waals surface area (Å²) in [6.07, 6.45) is 6.63. The Kier molecular flexibility index (Phi) is 5.89. The maximum absolute atomic E-state index is 14.5. The quantitative estimate of drug-likeness (QED) is 0.612. The topological polar surface area (TPSA) is 50.7 Å². The van der Waals surface area contributed by atoms with Gasteiger partial charge >= 0.3 is 0 Å². The lowest BCUT2D eigenvalue weighted by molar-refractivity contribution is -0.137. The van der Waals surface area contributed by atoms with E-state index in [1.807, 2.05) is 6.92 Å². The predicted octanol–water partition coefficient (Wildman–Crippen LogP) is 5.13. The first-order valence-electron chi connectivity index (χ1n) is 13.0. The van der Waals surface area contributed by atoms with Crippen LogP contribution in [0.15, 0.2) is 17.1 Å². The van der Waals surface area contributed by atoms with Crippen LogP contribution in [-0.4, -0.2) is 43.6 Å². The highest BCUT2D eigenvalue weighted by atomic mass is 19.1. The summed E-state index contributed by atoms with van der Waals surface area (Å²) in [7, 11) is 0. The molecule has 32 heavy (non-hydrogen) atoms. The molecule has 4 aliphatic carbocycles. The average molecular weight is 445 g/mol.